The Kier molecular flexibility index (Phi) is 20.6. The van der Waals surface area contributed by atoms with Gasteiger partial charge in [0, 0.05) is 13.1 Å². The van der Waals surface area contributed by atoms with Gasteiger partial charge >= 0.3 is 35.0 Å². The van der Waals surface area contributed by atoms with Crippen molar-refractivity contribution in [1.82, 2.24) is 20.4 Å². The molecule has 0 radical (unpaired) electrons. The maximum atomic E-state index is 13.2. The number of carboxylic acid groups (broad SMARTS) is 2. The molecule has 2 N–H and O–H groups in total. The molecule has 65 heavy (non-hydrogen) atoms. The number of nitrogens with one attached hydrogen (secondary N) is 2. The Morgan fingerprint density at radius 3 is 1.20 bits per heavy atom. The molecule has 2 aliphatic rings. The van der Waals surface area contributed by atoms with Gasteiger partial charge in [-0.15, -0.1) is 0 Å². The standard InChI is InChI=1S/2C25H30N2O5.Mg/c2*1-3-32-25(31)21(14-13-18-9-5-4-6-10-18)26-17(2)23(28)27-16-20-12-8-7-11-19(20)15-22(27)24(29)30;/h2*4-12,17,21-22,26H,3,13-16H2,1-2H3,(H,29,30);/q;;+2/p-2/t2*17-,21-,22-;/m00./s1. The minimum Gasteiger partial charge on any atom is -0.548 e. The van der Waals surface area contributed by atoms with E-state index in [4.69, 9.17) is 9.47 Å². The Bertz CT molecular complexity index is 2060. The zero-order valence-corrected chi connectivity index (χ0v) is 39.0. The maximum absolute atomic E-state index is 13.2. The van der Waals surface area contributed by atoms with Crippen LogP contribution in [0.5, 0.6) is 0 Å². The molecule has 2 aliphatic heterocycles. The number of aryl methyl sites for hydroxylation is 2. The Hall–Kier alpha value is -5.61. The molecule has 6 atom stereocenters. The van der Waals surface area contributed by atoms with Gasteiger partial charge in [0.2, 0.25) is 11.8 Å². The molecule has 0 aliphatic carbocycles. The smallest absolute Gasteiger partial charge is 0.548 e. The van der Waals surface area contributed by atoms with Gasteiger partial charge in [-0.1, -0.05) is 109 Å². The number of hydrogen-bond donors (Lipinski definition) is 2. The van der Waals surface area contributed by atoms with Gasteiger partial charge in [-0.3, -0.25) is 29.8 Å². The molecule has 15 heteroatoms. The van der Waals surface area contributed by atoms with E-state index in [1.54, 1.807) is 27.7 Å². The van der Waals surface area contributed by atoms with Gasteiger partial charge in [0.25, 0.3) is 0 Å². The fourth-order valence-electron chi connectivity index (χ4n) is 8.11. The van der Waals surface area contributed by atoms with Crippen LogP contribution in [0.2, 0.25) is 0 Å². The summed E-state index contributed by atoms with van der Waals surface area (Å²) in [4.78, 5) is 77.7. The second-order valence-corrected chi connectivity index (χ2v) is 16.0. The molecule has 0 fully saturated rings. The van der Waals surface area contributed by atoms with Crippen molar-refractivity contribution in [2.45, 2.75) is 116 Å². The van der Waals surface area contributed by atoms with Gasteiger partial charge < -0.3 is 39.1 Å². The molecule has 0 bridgehead atoms. The third-order valence-corrected chi connectivity index (χ3v) is 11.5. The quantitative estimate of drug-likeness (QED) is 0.109. The first-order valence-corrected chi connectivity index (χ1v) is 21.9. The first-order valence-electron chi connectivity index (χ1n) is 21.9. The summed E-state index contributed by atoms with van der Waals surface area (Å²) in [5, 5.41) is 29.7. The van der Waals surface area contributed by atoms with E-state index in [0.717, 1.165) is 33.4 Å². The topological polar surface area (TPSA) is 198 Å². The Morgan fingerprint density at radius 1 is 0.554 bits per heavy atom. The Morgan fingerprint density at radius 2 is 0.877 bits per heavy atom. The van der Waals surface area contributed by atoms with Crippen molar-refractivity contribution >= 4 is 58.7 Å². The van der Waals surface area contributed by atoms with Crippen molar-refractivity contribution in [2.24, 2.45) is 0 Å². The van der Waals surface area contributed by atoms with Crippen molar-refractivity contribution in [2.75, 3.05) is 13.2 Å². The number of ether oxygens (including phenoxy) is 2. The van der Waals surface area contributed by atoms with Crippen LogP contribution >= 0.6 is 0 Å². The van der Waals surface area contributed by atoms with E-state index in [0.29, 0.717) is 25.7 Å². The molecule has 0 unspecified atom stereocenters. The summed E-state index contributed by atoms with van der Waals surface area (Å²) in [6.07, 6.45) is 2.58. The monoisotopic (exact) mass is 898 g/mol. The van der Waals surface area contributed by atoms with E-state index in [1.165, 1.54) is 9.80 Å². The van der Waals surface area contributed by atoms with E-state index in [-0.39, 0.29) is 74.0 Å². The summed E-state index contributed by atoms with van der Waals surface area (Å²) in [5.41, 5.74) is 5.78. The predicted octanol–water partition coefficient (Wildman–Crippen LogP) is 2.08. The summed E-state index contributed by atoms with van der Waals surface area (Å²) >= 11 is 0. The number of benzene rings is 4. The summed E-state index contributed by atoms with van der Waals surface area (Å²) in [6, 6.07) is 29.4. The average molecular weight is 899 g/mol. The fraction of sp³-hybridized carbons (Fsp3) is 0.400. The van der Waals surface area contributed by atoms with Crippen molar-refractivity contribution in [3.05, 3.63) is 143 Å². The number of amides is 2. The largest absolute Gasteiger partial charge is 2.00 e. The normalized spacial score (nSPS) is 16.9. The number of esters is 2. The van der Waals surface area contributed by atoms with Crippen molar-refractivity contribution in [1.29, 1.82) is 0 Å². The van der Waals surface area contributed by atoms with Crippen LogP contribution in [0.1, 0.15) is 73.9 Å². The van der Waals surface area contributed by atoms with Crippen LogP contribution in [0.15, 0.2) is 109 Å². The number of rotatable bonds is 18. The Labute approximate surface area is 397 Å². The molecule has 0 spiro atoms. The molecule has 0 saturated heterocycles. The molecular weight excluding hydrogens is 841 g/mol. The number of carbonyl (C=O) groups is 6. The van der Waals surface area contributed by atoms with Crippen LogP contribution in [0.25, 0.3) is 0 Å². The second-order valence-electron chi connectivity index (χ2n) is 16.0. The molecule has 2 heterocycles. The number of hydrogen-bond acceptors (Lipinski definition) is 12. The minimum absolute atomic E-state index is 0. The van der Waals surface area contributed by atoms with E-state index >= 15 is 0 Å². The maximum Gasteiger partial charge on any atom is 2.00 e. The number of fused-ring (bicyclic) bond motifs is 2. The summed E-state index contributed by atoms with van der Waals surface area (Å²) in [6.45, 7) is 7.60. The van der Waals surface area contributed by atoms with Gasteiger partial charge in [-0.05, 0) is 99.6 Å². The minimum atomic E-state index is -1.29. The molecular formula is C50H58MgN4O10. The molecule has 4 aromatic carbocycles. The van der Waals surface area contributed by atoms with E-state index in [9.17, 15) is 39.0 Å². The molecule has 4 aromatic rings. The number of nitrogens with zero attached hydrogens (tertiary/aromatic N) is 2. The molecule has 0 aromatic heterocycles. The third kappa shape index (κ3) is 14.7. The molecule has 340 valence electrons. The van der Waals surface area contributed by atoms with Crippen LogP contribution in [0, 0.1) is 0 Å². The van der Waals surface area contributed by atoms with Crippen LogP contribution in [0.3, 0.4) is 0 Å². The van der Waals surface area contributed by atoms with E-state index < -0.39 is 60.1 Å². The molecule has 0 saturated carbocycles. The number of carbonyl (C=O) groups excluding carboxylic acids is 6. The van der Waals surface area contributed by atoms with Gasteiger partial charge in [0.05, 0.1) is 49.3 Å². The zero-order chi connectivity index (χ0) is 46.2. The summed E-state index contributed by atoms with van der Waals surface area (Å²) < 4.78 is 10.4. The van der Waals surface area contributed by atoms with Crippen LogP contribution in [0.4, 0.5) is 0 Å². The van der Waals surface area contributed by atoms with Crippen LogP contribution in [-0.2, 0) is 77.0 Å². The average Bonchev–Trinajstić information content (AvgIpc) is 3.31. The van der Waals surface area contributed by atoms with Gasteiger partial charge in [-0.2, -0.15) is 0 Å². The summed E-state index contributed by atoms with van der Waals surface area (Å²) in [5.74, 6) is -4.20. The molecule has 2 amide bonds. The SMILES string of the molecule is CCOC(=O)[C@H](CCc1ccccc1)N[C@@H](C)C(=O)N1Cc2ccccc2C[C@H]1C(=O)[O-].CCOC(=O)[C@H](CCc1ccccc1)N[C@@H](C)C(=O)N1Cc2ccccc2C[C@H]1C(=O)[O-].[Mg+2]. The van der Waals surface area contributed by atoms with Gasteiger partial charge in [0.15, 0.2) is 0 Å². The van der Waals surface area contributed by atoms with Crippen molar-refractivity contribution in [3.8, 4) is 0 Å². The number of aliphatic carboxylic acids is 2. The first kappa shape index (κ1) is 52.0. The fourth-order valence-corrected chi connectivity index (χ4v) is 8.11. The third-order valence-electron chi connectivity index (χ3n) is 11.5. The van der Waals surface area contributed by atoms with Gasteiger partial charge in [-0.25, -0.2) is 0 Å². The van der Waals surface area contributed by atoms with E-state index in [1.807, 2.05) is 109 Å². The Balaban J connectivity index is 0.000000280. The zero-order valence-electron chi connectivity index (χ0n) is 37.6. The first-order chi connectivity index (χ1) is 30.8. The molecule has 6 rings (SSSR count). The van der Waals surface area contributed by atoms with Crippen molar-refractivity contribution in [3.63, 3.8) is 0 Å². The predicted molar refractivity (Wildman–Crippen MR) is 240 cm³/mol. The summed E-state index contributed by atoms with van der Waals surface area (Å²) in [7, 11) is 0. The van der Waals surface area contributed by atoms with Crippen molar-refractivity contribution < 1.29 is 48.5 Å². The number of carboxylic acids is 2. The van der Waals surface area contributed by atoms with E-state index in [2.05, 4.69) is 10.6 Å². The van der Waals surface area contributed by atoms with Crippen LogP contribution in [-0.4, -0.2) is 118 Å². The molecule has 14 nitrogen and oxygen atoms in total. The van der Waals surface area contributed by atoms with Gasteiger partial charge in [0.1, 0.15) is 12.1 Å². The van der Waals surface area contributed by atoms with Crippen LogP contribution < -0.4 is 20.8 Å². The second kappa shape index (κ2) is 25.8.